The molecule has 0 spiro atoms. The molecule has 0 aliphatic rings. The third-order valence-corrected chi connectivity index (χ3v) is 5.96. The molecule has 1 heterocycles. The number of thioether (sulfide) groups is 1. The number of carbonyl (C=O) groups excluding carboxylic acids is 1. The fourth-order valence-electron chi connectivity index (χ4n) is 3.30. The predicted molar refractivity (Wildman–Crippen MR) is 126 cm³/mol. The summed E-state index contributed by atoms with van der Waals surface area (Å²) in [5, 5.41) is 12.6. The third kappa shape index (κ3) is 5.03. The lowest BCUT2D eigenvalue weighted by Gasteiger charge is -2.08. The Balaban J connectivity index is 1.42. The third-order valence-electron chi connectivity index (χ3n) is 4.93. The average Bonchev–Trinajstić information content (AvgIpc) is 3.21. The number of amides is 1. The summed E-state index contributed by atoms with van der Waals surface area (Å²) < 4.78 is 2.14. The number of hydrogen-bond acceptors (Lipinski definition) is 4. The Kier molecular flexibility index (Phi) is 6.48. The van der Waals surface area contributed by atoms with E-state index in [1.54, 1.807) is 11.8 Å². The molecule has 0 radical (unpaired) electrons. The van der Waals surface area contributed by atoms with E-state index in [0.717, 1.165) is 40.1 Å². The van der Waals surface area contributed by atoms with Gasteiger partial charge in [0, 0.05) is 29.1 Å². The lowest BCUT2D eigenvalue weighted by atomic mass is 10.1. The second-order valence-electron chi connectivity index (χ2n) is 7.23. The Hall–Kier alpha value is -3.38. The summed E-state index contributed by atoms with van der Waals surface area (Å²) in [5.74, 6) is 1.53. The van der Waals surface area contributed by atoms with E-state index in [4.69, 9.17) is 0 Å². The van der Waals surface area contributed by atoms with Crippen molar-refractivity contribution in [3.63, 3.8) is 0 Å². The molecule has 31 heavy (non-hydrogen) atoms. The van der Waals surface area contributed by atoms with Gasteiger partial charge in [0.05, 0.1) is 0 Å². The quantitative estimate of drug-likeness (QED) is 0.377. The summed E-state index contributed by atoms with van der Waals surface area (Å²) in [6.45, 7) is 4.99. The fourth-order valence-corrected chi connectivity index (χ4v) is 4.26. The van der Waals surface area contributed by atoms with Gasteiger partial charge < -0.3 is 9.88 Å². The number of nitrogens with zero attached hydrogens (tertiary/aromatic N) is 3. The van der Waals surface area contributed by atoms with E-state index >= 15 is 0 Å². The van der Waals surface area contributed by atoms with E-state index in [9.17, 15) is 4.79 Å². The maximum atomic E-state index is 12.4. The highest BCUT2D eigenvalue weighted by atomic mass is 32.2. The van der Waals surface area contributed by atoms with E-state index < -0.39 is 0 Å². The molecular weight excluding hydrogens is 404 g/mol. The number of aromatic nitrogens is 3. The van der Waals surface area contributed by atoms with Gasteiger partial charge in [-0.15, -0.1) is 10.2 Å². The van der Waals surface area contributed by atoms with Gasteiger partial charge in [-0.05, 0) is 49.7 Å². The molecule has 0 atom stereocenters. The van der Waals surface area contributed by atoms with Crippen molar-refractivity contribution >= 4 is 23.4 Å². The minimum atomic E-state index is -0.112. The van der Waals surface area contributed by atoms with Crippen molar-refractivity contribution in [2.75, 3.05) is 5.32 Å². The zero-order valence-corrected chi connectivity index (χ0v) is 18.4. The smallest absolute Gasteiger partial charge is 0.255 e. The van der Waals surface area contributed by atoms with Crippen LogP contribution in [-0.2, 0) is 12.3 Å². The van der Waals surface area contributed by atoms with E-state index in [1.807, 2.05) is 60.7 Å². The maximum absolute atomic E-state index is 12.4. The van der Waals surface area contributed by atoms with Crippen LogP contribution in [-0.4, -0.2) is 20.7 Å². The lowest BCUT2D eigenvalue weighted by Crippen LogP contribution is -2.11. The Bertz CT molecular complexity index is 1170. The standard InChI is InChI=1S/C25H24N4OS/c1-3-29-23(21-9-7-8-18(2)16-21)27-28-25(29)31-17-19-12-14-20(15-13-19)24(30)26-22-10-5-4-6-11-22/h4-16H,3,17H2,1-2H3,(H,26,30). The zero-order valence-electron chi connectivity index (χ0n) is 17.6. The first-order valence-electron chi connectivity index (χ1n) is 10.2. The van der Waals surface area contributed by atoms with Crippen LogP contribution in [0.1, 0.15) is 28.4 Å². The average molecular weight is 429 g/mol. The second kappa shape index (κ2) is 9.62. The van der Waals surface area contributed by atoms with Gasteiger partial charge >= 0.3 is 0 Å². The van der Waals surface area contributed by atoms with Gasteiger partial charge in [-0.1, -0.05) is 65.9 Å². The monoisotopic (exact) mass is 428 g/mol. The molecule has 5 nitrogen and oxygen atoms in total. The van der Waals surface area contributed by atoms with Gasteiger partial charge in [0.15, 0.2) is 11.0 Å². The molecule has 4 aromatic rings. The van der Waals surface area contributed by atoms with E-state index in [-0.39, 0.29) is 5.91 Å². The zero-order chi connectivity index (χ0) is 21.6. The molecule has 6 heteroatoms. The van der Waals surface area contributed by atoms with Crippen LogP contribution in [0.5, 0.6) is 0 Å². The normalized spacial score (nSPS) is 10.8. The largest absolute Gasteiger partial charge is 0.322 e. The van der Waals surface area contributed by atoms with E-state index in [1.165, 1.54) is 5.56 Å². The number of hydrogen-bond donors (Lipinski definition) is 1. The predicted octanol–water partition coefficient (Wildman–Crippen LogP) is 5.82. The molecule has 3 aromatic carbocycles. The molecular formula is C25H24N4OS. The van der Waals surface area contributed by atoms with Crippen molar-refractivity contribution in [1.29, 1.82) is 0 Å². The number of benzene rings is 3. The van der Waals surface area contributed by atoms with Gasteiger partial charge in [0.25, 0.3) is 5.91 Å². The summed E-state index contributed by atoms with van der Waals surface area (Å²) in [6.07, 6.45) is 0. The van der Waals surface area contributed by atoms with E-state index in [0.29, 0.717) is 5.56 Å². The van der Waals surface area contributed by atoms with Crippen molar-refractivity contribution < 1.29 is 4.79 Å². The Labute approximate surface area is 186 Å². The van der Waals surface area contributed by atoms with E-state index in [2.05, 4.69) is 52.1 Å². The number of anilines is 1. The Morgan fingerprint density at radius 1 is 0.968 bits per heavy atom. The minimum absolute atomic E-state index is 0.112. The molecule has 0 saturated heterocycles. The van der Waals surface area contributed by atoms with Gasteiger partial charge in [0.1, 0.15) is 0 Å². The molecule has 156 valence electrons. The molecule has 0 bridgehead atoms. The van der Waals surface area contributed by atoms with Crippen LogP contribution in [0.4, 0.5) is 5.69 Å². The van der Waals surface area contributed by atoms with Crippen LogP contribution in [0, 0.1) is 6.92 Å². The number of carbonyl (C=O) groups is 1. The summed E-state index contributed by atoms with van der Waals surface area (Å²) in [5.41, 5.74) is 4.83. The minimum Gasteiger partial charge on any atom is -0.322 e. The van der Waals surface area contributed by atoms with Crippen LogP contribution in [0.2, 0.25) is 0 Å². The lowest BCUT2D eigenvalue weighted by molar-refractivity contribution is 0.102. The van der Waals surface area contributed by atoms with Crippen LogP contribution >= 0.6 is 11.8 Å². The van der Waals surface area contributed by atoms with Crippen LogP contribution in [0.3, 0.4) is 0 Å². The van der Waals surface area contributed by atoms with Gasteiger partial charge in [-0.2, -0.15) is 0 Å². The van der Waals surface area contributed by atoms with Gasteiger partial charge in [0.2, 0.25) is 0 Å². The van der Waals surface area contributed by atoms with Crippen molar-refractivity contribution in [3.05, 3.63) is 95.6 Å². The van der Waals surface area contributed by atoms with Crippen molar-refractivity contribution in [2.45, 2.75) is 31.3 Å². The molecule has 1 aromatic heterocycles. The SMILES string of the molecule is CCn1c(SCc2ccc(C(=O)Nc3ccccc3)cc2)nnc1-c1cccc(C)c1. The molecule has 0 aliphatic heterocycles. The number of aryl methyl sites for hydroxylation is 1. The summed E-state index contributed by atoms with van der Waals surface area (Å²) in [7, 11) is 0. The topological polar surface area (TPSA) is 59.8 Å². The molecule has 0 saturated carbocycles. The second-order valence-corrected chi connectivity index (χ2v) is 8.17. The Morgan fingerprint density at radius 2 is 1.74 bits per heavy atom. The number of para-hydroxylation sites is 1. The highest BCUT2D eigenvalue weighted by Crippen LogP contribution is 2.27. The Morgan fingerprint density at radius 3 is 2.45 bits per heavy atom. The molecule has 4 rings (SSSR count). The summed E-state index contributed by atoms with van der Waals surface area (Å²) in [4.78, 5) is 12.4. The molecule has 0 aliphatic carbocycles. The molecule has 1 amide bonds. The highest BCUT2D eigenvalue weighted by molar-refractivity contribution is 7.98. The van der Waals surface area contributed by atoms with Crippen LogP contribution in [0.25, 0.3) is 11.4 Å². The molecule has 1 N–H and O–H groups in total. The van der Waals surface area contributed by atoms with Gasteiger partial charge in [-0.25, -0.2) is 0 Å². The van der Waals surface area contributed by atoms with Crippen molar-refractivity contribution in [3.8, 4) is 11.4 Å². The summed E-state index contributed by atoms with van der Waals surface area (Å²) >= 11 is 1.65. The van der Waals surface area contributed by atoms with Crippen molar-refractivity contribution in [1.82, 2.24) is 14.8 Å². The summed E-state index contributed by atoms with van der Waals surface area (Å²) in [6, 6.07) is 25.5. The first-order chi connectivity index (χ1) is 15.1. The first-order valence-corrected chi connectivity index (χ1v) is 11.2. The first kappa shape index (κ1) is 20.9. The molecule has 0 unspecified atom stereocenters. The molecule has 0 fully saturated rings. The van der Waals surface area contributed by atoms with Crippen LogP contribution < -0.4 is 5.32 Å². The maximum Gasteiger partial charge on any atom is 0.255 e. The highest BCUT2D eigenvalue weighted by Gasteiger charge is 2.13. The number of nitrogens with one attached hydrogen (secondary N) is 1. The van der Waals surface area contributed by atoms with Gasteiger partial charge in [-0.3, -0.25) is 4.79 Å². The van der Waals surface area contributed by atoms with Crippen LogP contribution in [0.15, 0.2) is 84.0 Å². The fraction of sp³-hybridized carbons (Fsp3) is 0.160. The van der Waals surface area contributed by atoms with Crippen molar-refractivity contribution in [2.24, 2.45) is 0 Å². The number of rotatable bonds is 7.